The van der Waals surface area contributed by atoms with Crippen molar-refractivity contribution in [3.8, 4) is 17.2 Å². The zero-order chi connectivity index (χ0) is 12.3. The maximum absolute atomic E-state index is 11.3. The number of hydrogen-bond donors (Lipinski definition) is 1. The van der Waals surface area contributed by atoms with E-state index in [1.54, 1.807) is 36.4 Å². The third kappa shape index (κ3) is 2.16. The number of nitriles is 1. The number of primary amides is 1. The molecule has 3 heteroatoms. The Labute approximate surface area is 99.1 Å². The van der Waals surface area contributed by atoms with E-state index in [0.29, 0.717) is 16.7 Å². The summed E-state index contributed by atoms with van der Waals surface area (Å²) in [5, 5.41) is 8.84. The average Bonchev–Trinajstić information content (AvgIpc) is 2.39. The van der Waals surface area contributed by atoms with E-state index in [2.05, 4.69) is 12.1 Å². The van der Waals surface area contributed by atoms with E-state index < -0.39 is 5.91 Å². The summed E-state index contributed by atoms with van der Waals surface area (Å²) < 4.78 is 0. The van der Waals surface area contributed by atoms with Gasteiger partial charge in [0.2, 0.25) is 5.91 Å². The van der Waals surface area contributed by atoms with E-state index in [1.165, 1.54) is 0 Å². The molecular weight excluding hydrogens is 212 g/mol. The lowest BCUT2D eigenvalue weighted by molar-refractivity contribution is 0.100. The minimum Gasteiger partial charge on any atom is -0.366 e. The Balaban J connectivity index is 2.61. The van der Waals surface area contributed by atoms with Crippen molar-refractivity contribution in [2.45, 2.75) is 0 Å². The van der Waals surface area contributed by atoms with Gasteiger partial charge in [-0.1, -0.05) is 30.3 Å². The molecule has 1 amide bonds. The van der Waals surface area contributed by atoms with Crippen molar-refractivity contribution in [2.75, 3.05) is 0 Å². The van der Waals surface area contributed by atoms with Crippen molar-refractivity contribution < 1.29 is 4.79 Å². The van der Waals surface area contributed by atoms with Gasteiger partial charge in [0.05, 0.1) is 17.2 Å². The van der Waals surface area contributed by atoms with Gasteiger partial charge < -0.3 is 5.73 Å². The summed E-state index contributed by atoms with van der Waals surface area (Å²) >= 11 is 0. The molecule has 0 aliphatic heterocycles. The minimum absolute atomic E-state index is 0.336. The number of carbonyl (C=O) groups is 1. The van der Waals surface area contributed by atoms with Crippen molar-refractivity contribution in [3.63, 3.8) is 0 Å². The first-order chi connectivity index (χ1) is 8.22. The first-order valence-corrected chi connectivity index (χ1v) is 5.03. The van der Waals surface area contributed by atoms with Crippen LogP contribution in [0.4, 0.5) is 0 Å². The molecule has 0 aliphatic rings. The van der Waals surface area contributed by atoms with Gasteiger partial charge in [0, 0.05) is 0 Å². The van der Waals surface area contributed by atoms with Gasteiger partial charge in [0.25, 0.3) is 0 Å². The molecule has 2 N–H and O–H groups in total. The first kappa shape index (κ1) is 10.9. The summed E-state index contributed by atoms with van der Waals surface area (Å²) in [5.74, 6) is -0.525. The van der Waals surface area contributed by atoms with Gasteiger partial charge in [0.1, 0.15) is 0 Å². The van der Waals surface area contributed by atoms with Crippen LogP contribution in [0.1, 0.15) is 15.9 Å². The van der Waals surface area contributed by atoms with E-state index in [9.17, 15) is 4.79 Å². The molecule has 2 aromatic carbocycles. The zero-order valence-corrected chi connectivity index (χ0v) is 8.97. The molecule has 3 nitrogen and oxygen atoms in total. The molecule has 0 spiro atoms. The summed E-state index contributed by atoms with van der Waals surface area (Å²) in [4.78, 5) is 11.3. The van der Waals surface area contributed by atoms with Crippen LogP contribution in [0.25, 0.3) is 11.1 Å². The van der Waals surface area contributed by atoms with Crippen LogP contribution in [0.2, 0.25) is 0 Å². The second-order valence-corrected chi connectivity index (χ2v) is 3.52. The van der Waals surface area contributed by atoms with Gasteiger partial charge >= 0.3 is 0 Å². The van der Waals surface area contributed by atoms with Crippen molar-refractivity contribution in [2.24, 2.45) is 5.73 Å². The lowest BCUT2D eigenvalue weighted by Crippen LogP contribution is -2.12. The highest BCUT2D eigenvalue weighted by Gasteiger charge is 2.09. The van der Waals surface area contributed by atoms with Crippen LogP contribution in [0.3, 0.4) is 0 Å². The molecule has 0 aromatic heterocycles. The molecule has 0 saturated heterocycles. The number of carbonyl (C=O) groups excluding carboxylic acids is 1. The van der Waals surface area contributed by atoms with Gasteiger partial charge in [0.15, 0.2) is 0 Å². The largest absolute Gasteiger partial charge is 0.366 e. The molecule has 0 fully saturated rings. The number of hydrogen-bond acceptors (Lipinski definition) is 2. The lowest BCUT2D eigenvalue weighted by Gasteiger charge is -2.06. The normalized spacial score (nSPS) is 9.59. The Kier molecular flexibility index (Phi) is 2.89. The number of amides is 1. The third-order valence-electron chi connectivity index (χ3n) is 2.41. The molecule has 0 unspecified atom stereocenters. The zero-order valence-electron chi connectivity index (χ0n) is 8.97. The van der Waals surface area contributed by atoms with Crippen LogP contribution >= 0.6 is 0 Å². The second kappa shape index (κ2) is 4.50. The standard InChI is InChI=1S/C14H9N2O/c15-9-10-4-3-5-11(8-10)12-6-1-2-7-13(12)14(16)17/h1-6,8H,(H2,16,17). The van der Waals surface area contributed by atoms with Crippen molar-refractivity contribution in [3.05, 3.63) is 59.7 Å². The quantitative estimate of drug-likeness (QED) is 0.844. The van der Waals surface area contributed by atoms with Crippen LogP contribution in [0.5, 0.6) is 0 Å². The van der Waals surface area contributed by atoms with E-state index in [1.807, 2.05) is 6.07 Å². The van der Waals surface area contributed by atoms with Crippen LogP contribution in [0, 0.1) is 17.4 Å². The number of nitrogens with zero attached hydrogens (tertiary/aromatic N) is 1. The fourth-order valence-electron chi connectivity index (χ4n) is 1.64. The van der Waals surface area contributed by atoms with Gasteiger partial charge in [-0.15, -0.1) is 0 Å². The summed E-state index contributed by atoms with van der Waals surface area (Å²) in [6.07, 6.45) is 0. The van der Waals surface area contributed by atoms with Gasteiger partial charge in [-0.2, -0.15) is 5.26 Å². The summed E-state index contributed by atoms with van der Waals surface area (Å²) in [6, 6.07) is 17.1. The molecule has 0 heterocycles. The molecule has 17 heavy (non-hydrogen) atoms. The summed E-state index contributed by atoms with van der Waals surface area (Å²) in [5.41, 5.74) is 7.64. The minimum atomic E-state index is -0.525. The molecule has 81 valence electrons. The summed E-state index contributed by atoms with van der Waals surface area (Å²) in [6.45, 7) is 0. The molecular formula is C14H9N2O. The average molecular weight is 221 g/mol. The van der Waals surface area contributed by atoms with Crippen LogP contribution < -0.4 is 5.73 Å². The highest BCUT2D eigenvalue weighted by Crippen LogP contribution is 2.23. The van der Waals surface area contributed by atoms with Crippen molar-refractivity contribution in [1.82, 2.24) is 0 Å². The Morgan fingerprint density at radius 3 is 2.82 bits per heavy atom. The third-order valence-corrected chi connectivity index (χ3v) is 2.41. The topological polar surface area (TPSA) is 66.9 Å². The first-order valence-electron chi connectivity index (χ1n) is 5.03. The molecule has 0 aliphatic carbocycles. The lowest BCUT2D eigenvalue weighted by atomic mass is 9.98. The Morgan fingerprint density at radius 2 is 2.12 bits per heavy atom. The number of nitrogens with two attached hydrogens (primary N) is 1. The SMILES string of the molecule is N#Cc1cccc(-c2ccc[c]c2C(N)=O)c1. The van der Waals surface area contributed by atoms with E-state index in [0.717, 1.165) is 5.56 Å². The molecule has 0 atom stereocenters. The van der Waals surface area contributed by atoms with Crippen LogP contribution in [0.15, 0.2) is 42.5 Å². The highest BCUT2D eigenvalue weighted by molar-refractivity contribution is 5.99. The summed E-state index contributed by atoms with van der Waals surface area (Å²) in [7, 11) is 0. The van der Waals surface area contributed by atoms with Gasteiger partial charge in [-0.05, 0) is 29.3 Å². The van der Waals surface area contributed by atoms with Crippen LogP contribution in [-0.2, 0) is 0 Å². The molecule has 0 saturated carbocycles. The molecule has 1 radical (unpaired) electrons. The maximum Gasteiger partial charge on any atom is 0.249 e. The molecule has 2 rings (SSSR count). The van der Waals surface area contributed by atoms with Crippen LogP contribution in [-0.4, -0.2) is 5.91 Å². The maximum atomic E-state index is 11.3. The monoisotopic (exact) mass is 221 g/mol. The fourth-order valence-corrected chi connectivity index (χ4v) is 1.64. The fraction of sp³-hybridized carbons (Fsp3) is 0. The highest BCUT2D eigenvalue weighted by atomic mass is 16.1. The predicted molar refractivity (Wildman–Crippen MR) is 63.9 cm³/mol. The van der Waals surface area contributed by atoms with E-state index in [-0.39, 0.29) is 0 Å². The Bertz CT molecular complexity index is 612. The Hall–Kier alpha value is -2.60. The number of benzene rings is 2. The number of rotatable bonds is 2. The second-order valence-electron chi connectivity index (χ2n) is 3.52. The molecule has 0 bridgehead atoms. The van der Waals surface area contributed by atoms with Gasteiger partial charge in [-0.3, -0.25) is 4.79 Å². The van der Waals surface area contributed by atoms with Crippen molar-refractivity contribution in [1.29, 1.82) is 5.26 Å². The Morgan fingerprint density at radius 1 is 1.29 bits per heavy atom. The predicted octanol–water partition coefficient (Wildman–Crippen LogP) is 2.12. The van der Waals surface area contributed by atoms with Crippen molar-refractivity contribution >= 4 is 5.91 Å². The van der Waals surface area contributed by atoms with E-state index >= 15 is 0 Å². The molecule has 2 aromatic rings. The van der Waals surface area contributed by atoms with E-state index in [4.69, 9.17) is 11.0 Å². The smallest absolute Gasteiger partial charge is 0.249 e. The van der Waals surface area contributed by atoms with Gasteiger partial charge in [-0.25, -0.2) is 0 Å².